The third kappa shape index (κ3) is 2.89. The van der Waals surface area contributed by atoms with Crippen molar-refractivity contribution in [2.24, 2.45) is 0 Å². The number of hydrogen-bond donors (Lipinski definition) is 1. The molecule has 1 atom stereocenters. The van der Waals surface area contributed by atoms with Crippen LogP contribution in [0.15, 0.2) is 23.2 Å². The van der Waals surface area contributed by atoms with Crippen molar-refractivity contribution in [3.05, 3.63) is 46.3 Å². The molecule has 0 bridgehead atoms. The molecule has 1 aromatic carbocycles. The molecule has 2 heterocycles. The monoisotopic (exact) mass is 347 g/mol. The van der Waals surface area contributed by atoms with E-state index in [1.807, 2.05) is 33.8 Å². The quantitative estimate of drug-likeness (QED) is 0.927. The second kappa shape index (κ2) is 6.33. The molecule has 0 radical (unpaired) electrons. The van der Waals surface area contributed by atoms with Gasteiger partial charge in [-0.3, -0.25) is 5.10 Å². The Labute approximate surface area is 144 Å². The predicted octanol–water partition coefficient (Wildman–Crippen LogP) is 3.21. The van der Waals surface area contributed by atoms with Gasteiger partial charge in [-0.15, -0.1) is 0 Å². The van der Waals surface area contributed by atoms with Gasteiger partial charge in [0.2, 0.25) is 10.0 Å². The summed E-state index contributed by atoms with van der Waals surface area (Å²) in [6.45, 7) is 8.86. The maximum atomic E-state index is 13.3. The molecule has 0 amide bonds. The molecule has 1 unspecified atom stereocenters. The van der Waals surface area contributed by atoms with E-state index in [0.717, 1.165) is 40.8 Å². The standard InChI is InChI=1S/C18H25N3O2S/c1-12-10-13(2)15(4)18(14(12)3)24(22,23)21-9-5-6-16(11-21)17-7-8-19-20-17/h7-8,10,16H,5-6,9,11H2,1-4H3,(H,19,20). The van der Waals surface area contributed by atoms with Crippen molar-refractivity contribution >= 4 is 10.0 Å². The first-order valence-electron chi connectivity index (χ1n) is 8.39. The molecule has 3 rings (SSSR count). The van der Waals surface area contributed by atoms with Crippen LogP contribution in [0.5, 0.6) is 0 Å². The van der Waals surface area contributed by atoms with E-state index in [-0.39, 0.29) is 5.92 Å². The van der Waals surface area contributed by atoms with Crippen molar-refractivity contribution in [2.75, 3.05) is 13.1 Å². The van der Waals surface area contributed by atoms with Crippen molar-refractivity contribution < 1.29 is 8.42 Å². The minimum absolute atomic E-state index is 0.183. The zero-order valence-corrected chi connectivity index (χ0v) is 15.6. The minimum Gasteiger partial charge on any atom is -0.282 e. The minimum atomic E-state index is -3.49. The molecule has 1 aliphatic rings. The lowest BCUT2D eigenvalue weighted by Gasteiger charge is -2.32. The summed E-state index contributed by atoms with van der Waals surface area (Å²) in [6, 6.07) is 4.00. The van der Waals surface area contributed by atoms with Crippen LogP contribution in [0.2, 0.25) is 0 Å². The fourth-order valence-electron chi connectivity index (χ4n) is 3.61. The van der Waals surface area contributed by atoms with E-state index in [1.54, 1.807) is 10.5 Å². The molecule has 5 nitrogen and oxygen atoms in total. The topological polar surface area (TPSA) is 66.1 Å². The van der Waals surface area contributed by atoms with E-state index in [1.165, 1.54) is 0 Å². The molecule has 0 aliphatic carbocycles. The first kappa shape index (κ1) is 17.2. The van der Waals surface area contributed by atoms with Crippen LogP contribution in [0.4, 0.5) is 0 Å². The summed E-state index contributed by atoms with van der Waals surface area (Å²) < 4.78 is 28.3. The number of nitrogens with one attached hydrogen (secondary N) is 1. The number of hydrogen-bond acceptors (Lipinski definition) is 3. The Kier molecular flexibility index (Phi) is 4.53. The van der Waals surface area contributed by atoms with Crippen LogP contribution in [0, 0.1) is 27.7 Å². The van der Waals surface area contributed by atoms with Crippen LogP contribution in [0.25, 0.3) is 0 Å². The Balaban J connectivity index is 1.99. The van der Waals surface area contributed by atoms with Crippen LogP contribution in [-0.2, 0) is 10.0 Å². The molecule has 1 aromatic heterocycles. The Bertz CT molecular complexity index is 815. The predicted molar refractivity (Wildman–Crippen MR) is 94.7 cm³/mol. The lowest BCUT2D eigenvalue weighted by molar-refractivity contribution is 0.312. The number of aryl methyl sites for hydroxylation is 2. The van der Waals surface area contributed by atoms with E-state index in [9.17, 15) is 8.42 Å². The van der Waals surface area contributed by atoms with Gasteiger partial charge in [0.05, 0.1) is 4.90 Å². The van der Waals surface area contributed by atoms with Crippen molar-refractivity contribution in [3.63, 3.8) is 0 Å². The number of rotatable bonds is 3. The van der Waals surface area contributed by atoms with Gasteiger partial charge in [0.1, 0.15) is 0 Å². The third-order valence-corrected chi connectivity index (χ3v) is 7.38. The van der Waals surface area contributed by atoms with E-state index in [0.29, 0.717) is 18.0 Å². The molecule has 1 fully saturated rings. The number of H-pyrrole nitrogens is 1. The van der Waals surface area contributed by atoms with Gasteiger partial charge in [-0.1, -0.05) is 6.07 Å². The molecule has 1 aliphatic heterocycles. The Morgan fingerprint density at radius 2 is 1.83 bits per heavy atom. The number of aromatic amines is 1. The van der Waals surface area contributed by atoms with Crippen LogP contribution in [0.1, 0.15) is 46.7 Å². The Morgan fingerprint density at radius 3 is 2.42 bits per heavy atom. The van der Waals surface area contributed by atoms with Crippen molar-refractivity contribution in [2.45, 2.75) is 51.3 Å². The number of aromatic nitrogens is 2. The number of sulfonamides is 1. The molecule has 2 aromatic rings. The third-order valence-electron chi connectivity index (χ3n) is 5.24. The lowest BCUT2D eigenvalue weighted by Crippen LogP contribution is -2.39. The molecular formula is C18H25N3O2S. The van der Waals surface area contributed by atoms with Gasteiger partial charge in [0, 0.05) is 30.9 Å². The molecule has 130 valence electrons. The highest BCUT2D eigenvalue weighted by molar-refractivity contribution is 7.89. The van der Waals surface area contributed by atoms with Crippen LogP contribution < -0.4 is 0 Å². The highest BCUT2D eigenvalue weighted by Crippen LogP contribution is 2.33. The zero-order valence-electron chi connectivity index (χ0n) is 14.8. The summed E-state index contributed by atoms with van der Waals surface area (Å²) in [6.07, 6.45) is 3.58. The first-order valence-corrected chi connectivity index (χ1v) is 9.83. The summed E-state index contributed by atoms with van der Waals surface area (Å²) in [7, 11) is -3.49. The van der Waals surface area contributed by atoms with Gasteiger partial charge in [0.15, 0.2) is 0 Å². The van der Waals surface area contributed by atoms with Gasteiger partial charge < -0.3 is 0 Å². The smallest absolute Gasteiger partial charge is 0.243 e. The van der Waals surface area contributed by atoms with E-state index < -0.39 is 10.0 Å². The lowest BCUT2D eigenvalue weighted by atomic mass is 9.96. The van der Waals surface area contributed by atoms with Crippen LogP contribution in [-0.4, -0.2) is 36.0 Å². The number of piperidine rings is 1. The number of nitrogens with zero attached hydrogens (tertiary/aromatic N) is 2. The largest absolute Gasteiger partial charge is 0.282 e. The van der Waals surface area contributed by atoms with Gasteiger partial charge >= 0.3 is 0 Å². The molecule has 1 saturated heterocycles. The summed E-state index contributed by atoms with van der Waals surface area (Å²) in [5.41, 5.74) is 4.80. The SMILES string of the molecule is Cc1cc(C)c(C)c(S(=O)(=O)N2CCCC(c3ccn[nH]3)C2)c1C. The van der Waals surface area contributed by atoms with Gasteiger partial charge in [-0.25, -0.2) is 8.42 Å². The van der Waals surface area contributed by atoms with Crippen LogP contribution >= 0.6 is 0 Å². The molecule has 0 spiro atoms. The fraction of sp³-hybridized carbons (Fsp3) is 0.500. The Morgan fingerprint density at radius 1 is 1.17 bits per heavy atom. The van der Waals surface area contributed by atoms with Crippen molar-refractivity contribution in [1.82, 2.24) is 14.5 Å². The molecule has 24 heavy (non-hydrogen) atoms. The van der Waals surface area contributed by atoms with Crippen molar-refractivity contribution in [1.29, 1.82) is 0 Å². The summed E-state index contributed by atoms with van der Waals surface area (Å²) in [5.74, 6) is 0.183. The highest BCUT2D eigenvalue weighted by Gasteiger charge is 2.33. The maximum absolute atomic E-state index is 13.3. The Hall–Kier alpha value is -1.66. The van der Waals surface area contributed by atoms with E-state index in [4.69, 9.17) is 0 Å². The highest BCUT2D eigenvalue weighted by atomic mass is 32.2. The van der Waals surface area contributed by atoms with Crippen LogP contribution in [0.3, 0.4) is 0 Å². The van der Waals surface area contributed by atoms with Gasteiger partial charge in [-0.2, -0.15) is 9.40 Å². The summed E-state index contributed by atoms with van der Waals surface area (Å²) in [4.78, 5) is 0.491. The molecule has 0 saturated carbocycles. The summed E-state index contributed by atoms with van der Waals surface area (Å²) in [5, 5.41) is 6.99. The average molecular weight is 347 g/mol. The van der Waals surface area contributed by atoms with Gasteiger partial charge in [0.25, 0.3) is 0 Å². The van der Waals surface area contributed by atoms with Gasteiger partial charge in [-0.05, 0) is 68.9 Å². The summed E-state index contributed by atoms with van der Waals surface area (Å²) >= 11 is 0. The van der Waals surface area contributed by atoms with Crippen molar-refractivity contribution in [3.8, 4) is 0 Å². The maximum Gasteiger partial charge on any atom is 0.243 e. The van der Waals surface area contributed by atoms with E-state index in [2.05, 4.69) is 16.3 Å². The molecule has 6 heteroatoms. The second-order valence-corrected chi connectivity index (χ2v) is 8.68. The molecular weight excluding hydrogens is 322 g/mol. The molecule has 1 N–H and O–H groups in total. The first-order chi connectivity index (χ1) is 11.3. The average Bonchev–Trinajstić information content (AvgIpc) is 3.08. The fourth-order valence-corrected chi connectivity index (χ4v) is 5.70. The van der Waals surface area contributed by atoms with E-state index >= 15 is 0 Å². The zero-order chi connectivity index (χ0) is 17.5. The second-order valence-electron chi connectivity index (χ2n) is 6.80. The number of benzene rings is 1. The normalized spacial score (nSPS) is 19.6.